The van der Waals surface area contributed by atoms with Gasteiger partial charge < -0.3 is 15.0 Å². The SMILES string of the molecule is NC1CCn2c(cnc2C2CCOC2)C1. The van der Waals surface area contributed by atoms with Crippen molar-refractivity contribution in [3.63, 3.8) is 0 Å². The molecule has 3 heterocycles. The summed E-state index contributed by atoms with van der Waals surface area (Å²) in [5.41, 5.74) is 7.25. The Hall–Kier alpha value is -0.870. The number of nitrogens with zero attached hydrogens (tertiary/aromatic N) is 2. The number of hydrogen-bond donors (Lipinski definition) is 1. The van der Waals surface area contributed by atoms with E-state index in [0.717, 1.165) is 39.0 Å². The smallest absolute Gasteiger partial charge is 0.114 e. The van der Waals surface area contributed by atoms with Gasteiger partial charge in [-0.2, -0.15) is 0 Å². The monoisotopic (exact) mass is 207 g/mol. The molecule has 0 aliphatic carbocycles. The molecule has 0 aromatic carbocycles. The van der Waals surface area contributed by atoms with Crippen molar-refractivity contribution < 1.29 is 4.74 Å². The van der Waals surface area contributed by atoms with Crippen LogP contribution in [0, 0.1) is 0 Å². The topological polar surface area (TPSA) is 53.1 Å². The minimum atomic E-state index is 0.321. The normalized spacial score (nSPS) is 30.5. The molecule has 4 heteroatoms. The highest BCUT2D eigenvalue weighted by molar-refractivity contribution is 5.13. The second-order valence-electron chi connectivity index (χ2n) is 4.57. The van der Waals surface area contributed by atoms with E-state index in [0.29, 0.717) is 12.0 Å². The number of ether oxygens (including phenoxy) is 1. The average molecular weight is 207 g/mol. The van der Waals surface area contributed by atoms with Crippen LogP contribution < -0.4 is 5.73 Å². The van der Waals surface area contributed by atoms with Crippen LogP contribution in [0.5, 0.6) is 0 Å². The van der Waals surface area contributed by atoms with Crippen molar-refractivity contribution in [2.24, 2.45) is 5.73 Å². The first-order chi connectivity index (χ1) is 7.34. The largest absolute Gasteiger partial charge is 0.381 e. The average Bonchev–Trinajstić information content (AvgIpc) is 2.82. The van der Waals surface area contributed by atoms with Crippen molar-refractivity contribution in [3.05, 3.63) is 17.7 Å². The molecule has 15 heavy (non-hydrogen) atoms. The molecule has 0 bridgehead atoms. The fourth-order valence-electron chi connectivity index (χ4n) is 2.58. The maximum Gasteiger partial charge on any atom is 0.114 e. The van der Waals surface area contributed by atoms with E-state index in [4.69, 9.17) is 10.5 Å². The summed E-state index contributed by atoms with van der Waals surface area (Å²) in [4.78, 5) is 4.54. The molecule has 1 aromatic heterocycles. The third-order valence-electron chi connectivity index (χ3n) is 3.46. The summed E-state index contributed by atoms with van der Waals surface area (Å²) in [6, 6.07) is 0.321. The van der Waals surface area contributed by atoms with Gasteiger partial charge in [0.05, 0.1) is 6.61 Å². The van der Waals surface area contributed by atoms with Gasteiger partial charge in [0.15, 0.2) is 0 Å². The minimum absolute atomic E-state index is 0.321. The number of hydrogen-bond acceptors (Lipinski definition) is 3. The van der Waals surface area contributed by atoms with Gasteiger partial charge in [-0.05, 0) is 12.8 Å². The number of nitrogens with two attached hydrogens (primary N) is 1. The molecule has 3 rings (SSSR count). The van der Waals surface area contributed by atoms with E-state index in [9.17, 15) is 0 Å². The van der Waals surface area contributed by atoms with Crippen molar-refractivity contribution in [2.75, 3.05) is 13.2 Å². The molecular weight excluding hydrogens is 190 g/mol. The predicted molar refractivity (Wildman–Crippen MR) is 56.7 cm³/mol. The Labute approximate surface area is 89.4 Å². The summed E-state index contributed by atoms with van der Waals surface area (Å²) >= 11 is 0. The van der Waals surface area contributed by atoms with Crippen LogP contribution in [0.25, 0.3) is 0 Å². The molecule has 0 amide bonds. The highest BCUT2D eigenvalue weighted by atomic mass is 16.5. The van der Waals surface area contributed by atoms with Crippen molar-refractivity contribution >= 4 is 0 Å². The Morgan fingerprint density at radius 3 is 3.20 bits per heavy atom. The van der Waals surface area contributed by atoms with Gasteiger partial charge in [0, 0.05) is 43.4 Å². The van der Waals surface area contributed by atoms with E-state index in [1.54, 1.807) is 0 Å². The number of imidazole rings is 1. The second-order valence-corrected chi connectivity index (χ2v) is 4.57. The Morgan fingerprint density at radius 2 is 2.40 bits per heavy atom. The summed E-state index contributed by atoms with van der Waals surface area (Å²) in [6.07, 6.45) is 5.15. The molecule has 82 valence electrons. The molecule has 2 aliphatic heterocycles. The van der Waals surface area contributed by atoms with E-state index in [1.165, 1.54) is 11.5 Å². The molecular formula is C11H17N3O. The summed E-state index contributed by atoms with van der Waals surface area (Å²) in [5, 5.41) is 0. The third-order valence-corrected chi connectivity index (χ3v) is 3.46. The molecule has 2 aliphatic rings. The minimum Gasteiger partial charge on any atom is -0.381 e. The zero-order valence-corrected chi connectivity index (χ0v) is 8.85. The van der Waals surface area contributed by atoms with E-state index >= 15 is 0 Å². The summed E-state index contributed by atoms with van der Waals surface area (Å²) in [6.45, 7) is 2.75. The lowest BCUT2D eigenvalue weighted by Crippen LogP contribution is -2.31. The Morgan fingerprint density at radius 1 is 1.47 bits per heavy atom. The zero-order valence-electron chi connectivity index (χ0n) is 8.85. The lowest BCUT2D eigenvalue weighted by molar-refractivity contribution is 0.192. The lowest BCUT2D eigenvalue weighted by atomic mass is 10.0. The van der Waals surface area contributed by atoms with Crippen LogP contribution in [-0.4, -0.2) is 28.8 Å². The van der Waals surface area contributed by atoms with Gasteiger partial charge >= 0.3 is 0 Å². The fraction of sp³-hybridized carbons (Fsp3) is 0.727. The summed E-state index contributed by atoms with van der Waals surface area (Å²) < 4.78 is 7.76. The molecule has 1 fully saturated rings. The van der Waals surface area contributed by atoms with Crippen molar-refractivity contribution in [3.8, 4) is 0 Å². The standard InChI is InChI=1S/C11H17N3O/c12-9-1-3-14-10(5-9)6-13-11(14)8-2-4-15-7-8/h6,8-9H,1-5,7,12H2. The van der Waals surface area contributed by atoms with Crippen LogP contribution in [0.4, 0.5) is 0 Å². The van der Waals surface area contributed by atoms with Gasteiger partial charge in [-0.25, -0.2) is 4.98 Å². The summed E-state index contributed by atoms with van der Waals surface area (Å²) in [5.74, 6) is 1.72. The van der Waals surface area contributed by atoms with Crippen LogP contribution in [0.3, 0.4) is 0 Å². The lowest BCUT2D eigenvalue weighted by Gasteiger charge is -2.23. The van der Waals surface area contributed by atoms with Crippen molar-refractivity contribution in [1.82, 2.24) is 9.55 Å². The Bertz CT molecular complexity index is 355. The maximum absolute atomic E-state index is 5.95. The molecule has 1 saturated heterocycles. The van der Waals surface area contributed by atoms with Crippen LogP contribution in [0.2, 0.25) is 0 Å². The highest BCUT2D eigenvalue weighted by Gasteiger charge is 2.26. The molecule has 4 nitrogen and oxygen atoms in total. The van der Waals surface area contributed by atoms with Gasteiger partial charge in [0.25, 0.3) is 0 Å². The van der Waals surface area contributed by atoms with E-state index < -0.39 is 0 Å². The number of aromatic nitrogens is 2. The number of fused-ring (bicyclic) bond motifs is 1. The molecule has 0 radical (unpaired) electrons. The van der Waals surface area contributed by atoms with E-state index in [1.807, 2.05) is 6.20 Å². The third kappa shape index (κ3) is 1.58. The highest BCUT2D eigenvalue weighted by Crippen LogP contribution is 2.27. The van der Waals surface area contributed by atoms with Crippen LogP contribution in [0.1, 0.15) is 30.3 Å². The first-order valence-electron chi connectivity index (χ1n) is 5.72. The Balaban J connectivity index is 1.90. The quantitative estimate of drug-likeness (QED) is 0.736. The van der Waals surface area contributed by atoms with Crippen LogP contribution in [0.15, 0.2) is 6.20 Å². The molecule has 1 aromatic rings. The van der Waals surface area contributed by atoms with Crippen LogP contribution >= 0.6 is 0 Å². The zero-order chi connectivity index (χ0) is 10.3. The molecule has 2 atom stereocenters. The van der Waals surface area contributed by atoms with Gasteiger partial charge in [0.2, 0.25) is 0 Å². The fourth-order valence-corrected chi connectivity index (χ4v) is 2.58. The van der Waals surface area contributed by atoms with Crippen molar-refractivity contribution in [1.29, 1.82) is 0 Å². The molecule has 2 unspecified atom stereocenters. The second kappa shape index (κ2) is 3.61. The first kappa shape index (κ1) is 9.36. The van der Waals surface area contributed by atoms with Gasteiger partial charge in [-0.15, -0.1) is 0 Å². The van der Waals surface area contributed by atoms with Gasteiger partial charge in [-0.3, -0.25) is 0 Å². The van der Waals surface area contributed by atoms with E-state index in [-0.39, 0.29) is 0 Å². The predicted octanol–water partition coefficient (Wildman–Crippen LogP) is 0.660. The molecule has 2 N–H and O–H groups in total. The maximum atomic E-state index is 5.95. The Kier molecular flexibility index (Phi) is 2.25. The van der Waals surface area contributed by atoms with E-state index in [2.05, 4.69) is 9.55 Å². The van der Waals surface area contributed by atoms with Crippen LogP contribution in [-0.2, 0) is 17.7 Å². The van der Waals surface area contributed by atoms with Crippen molar-refractivity contribution in [2.45, 2.75) is 37.8 Å². The van der Waals surface area contributed by atoms with Gasteiger partial charge in [-0.1, -0.05) is 0 Å². The first-order valence-corrected chi connectivity index (χ1v) is 5.72. The van der Waals surface area contributed by atoms with Gasteiger partial charge in [0.1, 0.15) is 5.82 Å². The summed E-state index contributed by atoms with van der Waals surface area (Å²) in [7, 11) is 0. The molecule has 0 saturated carbocycles. The number of rotatable bonds is 1. The molecule has 0 spiro atoms.